The maximum absolute atomic E-state index is 12.4. The number of nitrogens with one attached hydrogen (secondary N) is 1. The first-order valence-electron chi connectivity index (χ1n) is 9.17. The summed E-state index contributed by atoms with van der Waals surface area (Å²) in [6.07, 6.45) is 1.23. The Hall–Kier alpha value is -4.22. The van der Waals surface area contributed by atoms with Crippen molar-refractivity contribution >= 4 is 29.7 Å². The SMILES string of the molecule is COC(=O)c1cc(NC(=O)CO/N=C/c2ccc(OC(F)F)c(OC)c2)cc(C(=O)OC)c1. The number of hydrogen-bond acceptors (Lipinski definition) is 9. The zero-order valence-electron chi connectivity index (χ0n) is 17.8. The largest absolute Gasteiger partial charge is 0.493 e. The number of benzene rings is 2. The lowest BCUT2D eigenvalue weighted by atomic mass is 10.1. The summed E-state index contributed by atoms with van der Waals surface area (Å²) in [7, 11) is 3.63. The number of nitrogens with zero attached hydrogens (tertiary/aromatic N) is 1. The van der Waals surface area contributed by atoms with Crippen LogP contribution in [0.25, 0.3) is 0 Å². The van der Waals surface area contributed by atoms with Crippen LogP contribution in [0.1, 0.15) is 26.3 Å². The first kappa shape index (κ1) is 25.0. The summed E-state index contributed by atoms with van der Waals surface area (Å²) >= 11 is 0. The van der Waals surface area contributed by atoms with Crippen LogP contribution in [0, 0.1) is 0 Å². The Morgan fingerprint density at radius 3 is 2.15 bits per heavy atom. The van der Waals surface area contributed by atoms with Gasteiger partial charge in [0.1, 0.15) is 0 Å². The van der Waals surface area contributed by atoms with E-state index >= 15 is 0 Å². The number of halogens is 2. The second-order valence-electron chi connectivity index (χ2n) is 6.13. The highest BCUT2D eigenvalue weighted by atomic mass is 19.3. The molecule has 2 aromatic rings. The maximum atomic E-state index is 12.4. The number of amides is 1. The lowest BCUT2D eigenvalue weighted by Crippen LogP contribution is -2.18. The lowest BCUT2D eigenvalue weighted by Gasteiger charge is -2.10. The number of rotatable bonds is 10. The van der Waals surface area contributed by atoms with E-state index in [4.69, 9.17) is 9.57 Å². The highest BCUT2D eigenvalue weighted by Crippen LogP contribution is 2.29. The topological polar surface area (TPSA) is 122 Å². The molecule has 0 radical (unpaired) electrons. The number of alkyl halides is 2. The monoisotopic (exact) mass is 466 g/mol. The van der Waals surface area contributed by atoms with Gasteiger partial charge in [-0.2, -0.15) is 8.78 Å². The number of esters is 2. The number of carbonyl (C=O) groups excluding carboxylic acids is 3. The van der Waals surface area contributed by atoms with Crippen molar-refractivity contribution in [1.29, 1.82) is 0 Å². The van der Waals surface area contributed by atoms with E-state index in [0.717, 1.165) is 0 Å². The van der Waals surface area contributed by atoms with Crippen molar-refractivity contribution in [2.45, 2.75) is 6.61 Å². The first-order valence-corrected chi connectivity index (χ1v) is 9.17. The summed E-state index contributed by atoms with van der Waals surface area (Å²) in [6, 6.07) is 7.98. The van der Waals surface area contributed by atoms with E-state index in [9.17, 15) is 23.2 Å². The van der Waals surface area contributed by atoms with Gasteiger partial charge >= 0.3 is 18.6 Å². The summed E-state index contributed by atoms with van der Waals surface area (Å²) < 4.78 is 43.3. The van der Waals surface area contributed by atoms with Gasteiger partial charge in [-0.15, -0.1) is 0 Å². The fraction of sp³-hybridized carbons (Fsp3) is 0.238. The first-order chi connectivity index (χ1) is 15.8. The van der Waals surface area contributed by atoms with Crippen molar-refractivity contribution < 1.29 is 46.9 Å². The molecule has 0 saturated carbocycles. The smallest absolute Gasteiger partial charge is 0.387 e. The lowest BCUT2D eigenvalue weighted by molar-refractivity contribution is -0.120. The minimum absolute atomic E-state index is 0.0304. The number of oxime groups is 1. The van der Waals surface area contributed by atoms with Crippen LogP contribution in [-0.4, -0.2) is 58.6 Å². The average Bonchev–Trinajstić information content (AvgIpc) is 2.80. The van der Waals surface area contributed by atoms with Crippen molar-refractivity contribution in [2.75, 3.05) is 33.3 Å². The molecule has 0 heterocycles. The zero-order chi connectivity index (χ0) is 24.4. The third kappa shape index (κ3) is 7.45. The number of anilines is 1. The Bertz CT molecular complexity index is 1010. The average molecular weight is 466 g/mol. The number of carbonyl (C=O) groups is 3. The molecule has 1 amide bonds. The second kappa shape index (κ2) is 12.0. The molecule has 0 saturated heterocycles. The van der Waals surface area contributed by atoms with E-state index in [-0.39, 0.29) is 28.3 Å². The van der Waals surface area contributed by atoms with Crippen LogP contribution in [0.5, 0.6) is 11.5 Å². The fourth-order valence-corrected chi connectivity index (χ4v) is 2.52. The van der Waals surface area contributed by atoms with E-state index in [0.29, 0.717) is 5.56 Å². The van der Waals surface area contributed by atoms with Crippen LogP contribution < -0.4 is 14.8 Å². The summed E-state index contributed by atoms with van der Waals surface area (Å²) in [5.74, 6) is -2.15. The summed E-state index contributed by atoms with van der Waals surface area (Å²) in [6.45, 7) is -3.51. The molecule has 0 atom stereocenters. The number of methoxy groups -OCH3 is 3. The summed E-state index contributed by atoms with van der Waals surface area (Å²) in [5.41, 5.74) is 0.628. The second-order valence-corrected chi connectivity index (χ2v) is 6.13. The van der Waals surface area contributed by atoms with Crippen LogP contribution >= 0.6 is 0 Å². The van der Waals surface area contributed by atoms with E-state index in [1.165, 1.54) is 63.9 Å². The molecule has 2 aromatic carbocycles. The van der Waals surface area contributed by atoms with Crippen molar-refractivity contribution in [3.63, 3.8) is 0 Å². The molecule has 33 heavy (non-hydrogen) atoms. The Morgan fingerprint density at radius 1 is 0.970 bits per heavy atom. The molecule has 2 rings (SSSR count). The Kier molecular flexibility index (Phi) is 9.09. The fourth-order valence-electron chi connectivity index (χ4n) is 2.52. The molecule has 12 heteroatoms. The van der Waals surface area contributed by atoms with Crippen molar-refractivity contribution in [2.24, 2.45) is 5.16 Å². The molecule has 176 valence electrons. The molecule has 0 bridgehead atoms. The van der Waals surface area contributed by atoms with E-state index in [1.54, 1.807) is 0 Å². The van der Waals surface area contributed by atoms with Crippen LogP contribution in [-0.2, 0) is 19.1 Å². The standard InChI is InChI=1S/C21H20F2N2O8/c1-29-17-6-12(4-5-16(17)33-21(22)23)10-24-32-11-18(26)25-15-8-13(19(27)30-2)7-14(9-15)20(28)31-3/h4-10,21H,11H2,1-3H3,(H,25,26)/b24-10+. The van der Waals surface area contributed by atoms with Gasteiger partial charge in [-0.1, -0.05) is 5.16 Å². The van der Waals surface area contributed by atoms with Gasteiger partial charge in [0.05, 0.1) is 38.7 Å². The molecule has 0 aliphatic carbocycles. The maximum Gasteiger partial charge on any atom is 0.387 e. The number of hydrogen-bond donors (Lipinski definition) is 1. The van der Waals surface area contributed by atoms with E-state index in [2.05, 4.69) is 24.7 Å². The van der Waals surface area contributed by atoms with Crippen LogP contribution in [0.4, 0.5) is 14.5 Å². The normalized spacial score (nSPS) is 10.6. The van der Waals surface area contributed by atoms with Gasteiger partial charge in [-0.05, 0) is 36.4 Å². The van der Waals surface area contributed by atoms with Gasteiger partial charge in [0.15, 0.2) is 18.1 Å². The molecule has 1 N–H and O–H groups in total. The van der Waals surface area contributed by atoms with Crippen LogP contribution in [0.2, 0.25) is 0 Å². The van der Waals surface area contributed by atoms with Gasteiger partial charge in [0, 0.05) is 11.3 Å². The van der Waals surface area contributed by atoms with Gasteiger partial charge in [-0.25, -0.2) is 9.59 Å². The predicted octanol–water partition coefficient (Wildman–Crippen LogP) is 2.86. The minimum atomic E-state index is -3.00. The van der Waals surface area contributed by atoms with Gasteiger partial charge in [0.2, 0.25) is 0 Å². The van der Waals surface area contributed by atoms with Gasteiger partial charge in [0.25, 0.3) is 5.91 Å². The van der Waals surface area contributed by atoms with Crippen LogP contribution in [0.3, 0.4) is 0 Å². The molecule has 0 aliphatic rings. The third-order valence-corrected chi connectivity index (χ3v) is 3.93. The van der Waals surface area contributed by atoms with Crippen LogP contribution in [0.15, 0.2) is 41.6 Å². The Balaban J connectivity index is 2.01. The quantitative estimate of drug-likeness (QED) is 0.322. The van der Waals surface area contributed by atoms with E-state index < -0.39 is 31.1 Å². The number of ether oxygens (including phenoxy) is 4. The zero-order valence-corrected chi connectivity index (χ0v) is 17.8. The highest BCUT2D eigenvalue weighted by molar-refractivity contribution is 5.99. The van der Waals surface area contributed by atoms with Crippen molar-refractivity contribution in [1.82, 2.24) is 0 Å². The highest BCUT2D eigenvalue weighted by Gasteiger charge is 2.15. The van der Waals surface area contributed by atoms with Crippen molar-refractivity contribution in [3.05, 3.63) is 53.1 Å². The van der Waals surface area contributed by atoms with Gasteiger partial charge < -0.3 is 29.1 Å². The molecule has 0 aromatic heterocycles. The predicted molar refractivity (Wildman–Crippen MR) is 111 cm³/mol. The molecule has 10 nitrogen and oxygen atoms in total. The Morgan fingerprint density at radius 2 is 1.61 bits per heavy atom. The molecular weight excluding hydrogens is 446 g/mol. The van der Waals surface area contributed by atoms with E-state index in [1.807, 2.05) is 0 Å². The molecule has 0 aliphatic heterocycles. The molecule has 0 fully saturated rings. The minimum Gasteiger partial charge on any atom is -0.493 e. The molecular formula is C21H20F2N2O8. The summed E-state index contributed by atoms with van der Waals surface area (Å²) in [5, 5.41) is 6.09. The molecule has 0 unspecified atom stereocenters. The third-order valence-electron chi connectivity index (χ3n) is 3.93. The molecule has 0 spiro atoms. The summed E-state index contributed by atoms with van der Waals surface area (Å²) in [4.78, 5) is 40.6. The van der Waals surface area contributed by atoms with Crippen molar-refractivity contribution in [3.8, 4) is 11.5 Å². The van der Waals surface area contributed by atoms with Gasteiger partial charge in [-0.3, -0.25) is 4.79 Å². The Labute approximate surface area is 187 Å².